The fraction of sp³-hybridized carbons (Fsp3) is 0.750. The highest BCUT2D eigenvalue weighted by molar-refractivity contribution is 6.81. The van der Waals surface area contributed by atoms with Crippen LogP contribution in [0.15, 0.2) is 0 Å². The van der Waals surface area contributed by atoms with Gasteiger partial charge in [0, 0.05) is 5.92 Å². The van der Waals surface area contributed by atoms with Crippen LogP contribution in [0.5, 0.6) is 0 Å². The fourth-order valence-electron chi connectivity index (χ4n) is 1.31. The number of aliphatic hydroxyl groups is 1. The molecule has 0 aliphatic heterocycles. The van der Waals surface area contributed by atoms with E-state index in [9.17, 15) is 9.90 Å². The number of aldehydes is 1. The van der Waals surface area contributed by atoms with Crippen molar-refractivity contribution in [3.63, 3.8) is 0 Å². The highest BCUT2D eigenvalue weighted by Gasteiger charge is 2.43. The molecule has 0 fully saturated rings. The maximum absolute atomic E-state index is 10.3. The van der Waals surface area contributed by atoms with Crippen LogP contribution in [0.2, 0.25) is 18.1 Å². The van der Waals surface area contributed by atoms with Gasteiger partial charge in [0.15, 0.2) is 6.29 Å². The molecule has 0 spiro atoms. The second-order valence-corrected chi connectivity index (χ2v) is 11.1. The van der Waals surface area contributed by atoms with Crippen molar-refractivity contribution in [1.29, 1.82) is 0 Å². The van der Waals surface area contributed by atoms with E-state index in [1.54, 1.807) is 0 Å². The third kappa shape index (κ3) is 3.47. The Morgan fingerprint density at radius 2 is 1.80 bits per heavy atom. The number of carbonyl (C=O) groups is 1. The molecule has 0 bridgehead atoms. The van der Waals surface area contributed by atoms with Crippen LogP contribution >= 0.6 is 0 Å². The summed E-state index contributed by atoms with van der Waals surface area (Å²) in [5.41, 5.74) is -0.398. The summed E-state index contributed by atoms with van der Waals surface area (Å²) < 4.78 is 0. The zero-order valence-corrected chi connectivity index (χ0v) is 11.6. The number of rotatable bonds is 2. The van der Waals surface area contributed by atoms with Crippen LogP contribution in [0.25, 0.3) is 0 Å². The van der Waals surface area contributed by atoms with E-state index in [0.29, 0.717) is 6.29 Å². The zero-order valence-electron chi connectivity index (χ0n) is 10.6. The van der Waals surface area contributed by atoms with Crippen molar-refractivity contribution in [1.82, 2.24) is 0 Å². The summed E-state index contributed by atoms with van der Waals surface area (Å²) in [5, 5.41) is 10.4. The van der Waals surface area contributed by atoms with E-state index >= 15 is 0 Å². The Kier molecular flexibility index (Phi) is 4.76. The van der Waals surface area contributed by atoms with Crippen LogP contribution in [0, 0.1) is 17.8 Å². The van der Waals surface area contributed by atoms with Crippen molar-refractivity contribution >= 4 is 14.4 Å². The van der Waals surface area contributed by atoms with Crippen molar-refractivity contribution < 1.29 is 9.90 Å². The predicted molar refractivity (Wildman–Crippen MR) is 66.2 cm³/mol. The number of aliphatic hydroxyl groups excluding tert-OH is 1. The second-order valence-electron chi connectivity index (χ2n) is 5.61. The largest absolute Gasteiger partial charge is 0.395 e. The number of hydrogen-bond acceptors (Lipinski definition) is 2. The standard InChI is InChI=1S/C12H22O2Si/c1-10(8-7-9-13)11(14)15(5,6)12(2,3)4/h9-11,14H,1-6H3. The van der Waals surface area contributed by atoms with E-state index in [-0.39, 0.29) is 11.0 Å². The van der Waals surface area contributed by atoms with Gasteiger partial charge in [0.25, 0.3) is 0 Å². The molecule has 86 valence electrons. The average Bonchev–Trinajstić information content (AvgIpc) is 2.10. The van der Waals surface area contributed by atoms with Gasteiger partial charge in [-0.1, -0.05) is 39.8 Å². The highest BCUT2D eigenvalue weighted by Crippen LogP contribution is 2.39. The van der Waals surface area contributed by atoms with Gasteiger partial charge in [-0.05, 0) is 17.9 Å². The maximum Gasteiger partial charge on any atom is 0.192 e. The molecule has 0 aliphatic carbocycles. The lowest BCUT2D eigenvalue weighted by molar-refractivity contribution is -0.103. The summed E-state index contributed by atoms with van der Waals surface area (Å²) in [6.07, 6.45) is 0.578. The quantitative estimate of drug-likeness (QED) is 0.445. The van der Waals surface area contributed by atoms with Gasteiger partial charge in [-0.3, -0.25) is 4.79 Å². The minimum Gasteiger partial charge on any atom is -0.395 e. The molecule has 0 aromatic carbocycles. The molecular weight excluding hydrogens is 204 g/mol. The van der Waals surface area contributed by atoms with E-state index in [2.05, 4.69) is 45.7 Å². The first-order valence-corrected chi connectivity index (χ1v) is 8.35. The van der Waals surface area contributed by atoms with Gasteiger partial charge in [-0.15, -0.1) is 0 Å². The normalized spacial score (nSPS) is 16.2. The Balaban J connectivity index is 4.84. The van der Waals surface area contributed by atoms with Gasteiger partial charge < -0.3 is 5.11 Å². The van der Waals surface area contributed by atoms with Crippen molar-refractivity contribution in [2.24, 2.45) is 5.92 Å². The molecule has 0 saturated heterocycles. The zero-order chi connectivity index (χ0) is 12.3. The van der Waals surface area contributed by atoms with E-state index < -0.39 is 13.8 Å². The van der Waals surface area contributed by atoms with Crippen LogP contribution in [0.4, 0.5) is 0 Å². The molecule has 3 heteroatoms. The van der Waals surface area contributed by atoms with Crippen LogP contribution in [0.1, 0.15) is 27.7 Å². The molecule has 15 heavy (non-hydrogen) atoms. The molecule has 0 rings (SSSR count). The summed E-state index contributed by atoms with van der Waals surface area (Å²) in [5.74, 6) is 5.03. The maximum atomic E-state index is 10.3. The van der Waals surface area contributed by atoms with Gasteiger partial charge in [0.05, 0.1) is 13.8 Å². The molecule has 0 heterocycles. The van der Waals surface area contributed by atoms with E-state index in [4.69, 9.17) is 0 Å². The van der Waals surface area contributed by atoms with E-state index in [1.807, 2.05) is 6.92 Å². The Morgan fingerprint density at radius 1 is 1.33 bits per heavy atom. The molecule has 2 unspecified atom stereocenters. The summed E-state index contributed by atoms with van der Waals surface area (Å²) in [6.45, 7) is 12.7. The fourth-order valence-corrected chi connectivity index (χ4v) is 3.53. The van der Waals surface area contributed by atoms with Gasteiger partial charge in [-0.25, -0.2) is 0 Å². The lowest BCUT2D eigenvalue weighted by Gasteiger charge is -2.41. The van der Waals surface area contributed by atoms with Gasteiger partial charge in [0.1, 0.15) is 0 Å². The van der Waals surface area contributed by atoms with Crippen molar-refractivity contribution in [2.75, 3.05) is 0 Å². The van der Waals surface area contributed by atoms with Crippen molar-refractivity contribution in [3.8, 4) is 11.8 Å². The van der Waals surface area contributed by atoms with E-state index in [0.717, 1.165) is 0 Å². The molecule has 0 aromatic rings. The van der Waals surface area contributed by atoms with Gasteiger partial charge in [-0.2, -0.15) is 0 Å². The topological polar surface area (TPSA) is 37.3 Å². The first-order chi connectivity index (χ1) is 6.64. The lowest BCUT2D eigenvalue weighted by Crippen LogP contribution is -2.52. The van der Waals surface area contributed by atoms with Crippen LogP contribution in [-0.4, -0.2) is 25.2 Å². The number of hydrogen-bond donors (Lipinski definition) is 1. The van der Waals surface area contributed by atoms with E-state index in [1.165, 1.54) is 0 Å². The molecular formula is C12H22O2Si. The molecule has 0 radical (unpaired) electrons. The minimum atomic E-state index is -1.78. The monoisotopic (exact) mass is 226 g/mol. The molecule has 2 atom stereocenters. The Hall–Kier alpha value is -0.593. The third-order valence-corrected chi connectivity index (χ3v) is 9.36. The SMILES string of the molecule is CC(C#CC=O)C(O)[Si](C)(C)C(C)(C)C. The third-order valence-electron chi connectivity index (χ3n) is 3.52. The Labute approximate surface area is 94.1 Å². The van der Waals surface area contributed by atoms with Crippen molar-refractivity contribution in [2.45, 2.75) is 51.6 Å². The minimum absolute atomic E-state index is 0.129. The summed E-state index contributed by atoms with van der Waals surface area (Å²) in [7, 11) is -1.78. The molecule has 0 aliphatic rings. The lowest BCUT2D eigenvalue weighted by atomic mass is 10.2. The Bertz CT molecular complexity index is 278. The Morgan fingerprint density at radius 3 is 2.13 bits per heavy atom. The van der Waals surface area contributed by atoms with Crippen LogP contribution < -0.4 is 0 Å². The first kappa shape index (κ1) is 14.4. The predicted octanol–water partition coefficient (Wildman–Crippen LogP) is 2.23. The summed E-state index contributed by atoms with van der Waals surface area (Å²) in [4.78, 5) is 10.1. The average molecular weight is 226 g/mol. The molecule has 0 saturated carbocycles. The van der Waals surface area contributed by atoms with Crippen LogP contribution in [0.3, 0.4) is 0 Å². The van der Waals surface area contributed by atoms with Crippen molar-refractivity contribution in [3.05, 3.63) is 0 Å². The summed E-state index contributed by atoms with van der Waals surface area (Å²) >= 11 is 0. The molecule has 2 nitrogen and oxygen atoms in total. The highest BCUT2D eigenvalue weighted by atomic mass is 28.3. The molecule has 0 aromatic heterocycles. The summed E-state index contributed by atoms with van der Waals surface area (Å²) in [6, 6.07) is 0. The molecule has 1 N–H and O–H groups in total. The smallest absolute Gasteiger partial charge is 0.192 e. The molecule has 0 amide bonds. The first-order valence-electron chi connectivity index (χ1n) is 5.27. The van der Waals surface area contributed by atoms with Crippen LogP contribution in [-0.2, 0) is 4.79 Å². The number of carbonyl (C=O) groups excluding carboxylic acids is 1. The van der Waals surface area contributed by atoms with Gasteiger partial charge in [0.2, 0.25) is 0 Å². The van der Waals surface area contributed by atoms with Gasteiger partial charge >= 0.3 is 0 Å². The second kappa shape index (κ2) is 4.96.